The van der Waals surface area contributed by atoms with E-state index in [1.54, 1.807) is 23.2 Å². The minimum Gasteiger partial charge on any atom is -0.366 e. The van der Waals surface area contributed by atoms with Gasteiger partial charge in [-0.05, 0) is 36.4 Å². The first-order valence-corrected chi connectivity index (χ1v) is 8.91. The van der Waals surface area contributed by atoms with E-state index in [2.05, 4.69) is 20.5 Å². The molecule has 1 aliphatic heterocycles. The molecule has 1 saturated heterocycles. The number of carbonyl (C=O) groups excluding carboxylic acids is 3. The van der Waals surface area contributed by atoms with E-state index in [-0.39, 0.29) is 18.5 Å². The van der Waals surface area contributed by atoms with E-state index >= 15 is 0 Å². The van der Waals surface area contributed by atoms with Gasteiger partial charge in [-0.2, -0.15) is 0 Å². The lowest BCUT2D eigenvalue weighted by molar-refractivity contribution is -0.115. The minimum absolute atomic E-state index is 0.142. The molecule has 28 heavy (non-hydrogen) atoms. The highest BCUT2D eigenvalue weighted by Crippen LogP contribution is 2.12. The lowest BCUT2D eigenvalue weighted by Gasteiger charge is -2.35. The van der Waals surface area contributed by atoms with Gasteiger partial charge in [0.2, 0.25) is 11.8 Å². The number of amides is 4. The van der Waals surface area contributed by atoms with Crippen LogP contribution < -0.4 is 21.3 Å². The summed E-state index contributed by atoms with van der Waals surface area (Å²) in [7, 11) is 0. The summed E-state index contributed by atoms with van der Waals surface area (Å²) in [6.07, 6.45) is 1.74. The van der Waals surface area contributed by atoms with Gasteiger partial charge in [-0.25, -0.2) is 9.78 Å². The third kappa shape index (κ3) is 4.97. The number of nitrogens with zero attached hydrogens (tertiary/aromatic N) is 3. The Labute approximate surface area is 162 Å². The maximum Gasteiger partial charge on any atom is 0.317 e. The van der Waals surface area contributed by atoms with Crippen LogP contribution in [-0.2, 0) is 4.79 Å². The SMILES string of the molecule is NC(=O)c1ccc(NC(=O)CNC(=O)N2CCN(c3ccccn3)CC2)cc1. The zero-order chi connectivity index (χ0) is 19.9. The second-order valence-electron chi connectivity index (χ2n) is 6.31. The van der Waals surface area contributed by atoms with Gasteiger partial charge in [0.25, 0.3) is 0 Å². The van der Waals surface area contributed by atoms with Gasteiger partial charge in [-0.1, -0.05) is 6.07 Å². The van der Waals surface area contributed by atoms with Crippen molar-refractivity contribution in [1.29, 1.82) is 0 Å². The molecule has 0 atom stereocenters. The number of hydrogen-bond donors (Lipinski definition) is 3. The van der Waals surface area contributed by atoms with Crippen LogP contribution in [0.2, 0.25) is 0 Å². The van der Waals surface area contributed by atoms with E-state index in [0.717, 1.165) is 5.82 Å². The number of benzene rings is 1. The molecular formula is C19H22N6O3. The van der Waals surface area contributed by atoms with Gasteiger partial charge in [-0.3, -0.25) is 9.59 Å². The summed E-state index contributed by atoms with van der Waals surface area (Å²) in [6, 6.07) is 11.7. The molecule has 3 rings (SSSR count). The van der Waals surface area contributed by atoms with Crippen molar-refractivity contribution in [3.05, 3.63) is 54.2 Å². The molecule has 4 N–H and O–H groups in total. The van der Waals surface area contributed by atoms with E-state index in [1.807, 2.05) is 18.2 Å². The molecule has 0 unspecified atom stereocenters. The molecule has 0 radical (unpaired) electrons. The summed E-state index contributed by atoms with van der Waals surface area (Å²) in [5, 5.41) is 5.28. The first kappa shape index (κ1) is 19.2. The summed E-state index contributed by atoms with van der Waals surface area (Å²) in [5.41, 5.74) is 6.05. The number of anilines is 2. The maximum atomic E-state index is 12.3. The average Bonchev–Trinajstić information content (AvgIpc) is 2.73. The van der Waals surface area contributed by atoms with Crippen molar-refractivity contribution in [3.8, 4) is 0 Å². The van der Waals surface area contributed by atoms with Crippen LogP contribution in [0, 0.1) is 0 Å². The van der Waals surface area contributed by atoms with Crippen molar-refractivity contribution in [2.75, 3.05) is 42.9 Å². The van der Waals surface area contributed by atoms with Crippen LogP contribution in [-0.4, -0.2) is 60.5 Å². The standard InChI is InChI=1S/C19H22N6O3/c20-18(27)14-4-6-15(7-5-14)23-17(26)13-22-19(28)25-11-9-24(10-12-25)16-3-1-2-8-21-16/h1-8H,9-13H2,(H2,20,27)(H,22,28)(H,23,26). The average molecular weight is 382 g/mol. The van der Waals surface area contributed by atoms with Crippen LogP contribution in [0.5, 0.6) is 0 Å². The number of pyridine rings is 1. The number of carbonyl (C=O) groups is 3. The first-order valence-electron chi connectivity index (χ1n) is 8.91. The van der Waals surface area contributed by atoms with Gasteiger partial charge in [0.1, 0.15) is 5.82 Å². The Morgan fingerprint density at radius 2 is 1.71 bits per heavy atom. The molecule has 2 heterocycles. The molecule has 0 bridgehead atoms. The van der Waals surface area contributed by atoms with E-state index in [0.29, 0.717) is 37.4 Å². The zero-order valence-electron chi connectivity index (χ0n) is 15.3. The van der Waals surface area contributed by atoms with Gasteiger partial charge in [0, 0.05) is 43.6 Å². The summed E-state index contributed by atoms with van der Waals surface area (Å²) in [5.74, 6) is 0.00451. The van der Waals surface area contributed by atoms with Crippen LogP contribution in [0.25, 0.3) is 0 Å². The number of primary amides is 1. The van der Waals surface area contributed by atoms with Crippen LogP contribution in [0.4, 0.5) is 16.3 Å². The Morgan fingerprint density at radius 3 is 2.32 bits per heavy atom. The molecule has 4 amide bonds. The number of nitrogens with one attached hydrogen (secondary N) is 2. The summed E-state index contributed by atoms with van der Waals surface area (Å²) >= 11 is 0. The van der Waals surface area contributed by atoms with Crippen molar-refractivity contribution >= 4 is 29.4 Å². The first-order chi connectivity index (χ1) is 13.5. The van der Waals surface area contributed by atoms with Crippen LogP contribution in [0.3, 0.4) is 0 Å². The second-order valence-corrected chi connectivity index (χ2v) is 6.31. The highest BCUT2D eigenvalue weighted by molar-refractivity contribution is 5.96. The topological polar surface area (TPSA) is 121 Å². The molecule has 9 nitrogen and oxygen atoms in total. The zero-order valence-corrected chi connectivity index (χ0v) is 15.3. The Balaban J connectivity index is 1.41. The van der Waals surface area contributed by atoms with Gasteiger partial charge < -0.3 is 26.2 Å². The number of aromatic nitrogens is 1. The van der Waals surface area contributed by atoms with Crippen LogP contribution >= 0.6 is 0 Å². The lowest BCUT2D eigenvalue weighted by Crippen LogP contribution is -2.52. The second kappa shape index (κ2) is 8.85. The third-order valence-electron chi connectivity index (χ3n) is 4.39. The van der Waals surface area contributed by atoms with Crippen molar-refractivity contribution in [3.63, 3.8) is 0 Å². The van der Waals surface area contributed by atoms with Crippen molar-refractivity contribution in [2.45, 2.75) is 0 Å². The third-order valence-corrected chi connectivity index (χ3v) is 4.39. The number of rotatable bonds is 5. The molecule has 2 aromatic rings. The Hall–Kier alpha value is -3.62. The van der Waals surface area contributed by atoms with E-state index in [4.69, 9.17) is 5.73 Å². The molecule has 9 heteroatoms. The summed E-state index contributed by atoms with van der Waals surface area (Å²) < 4.78 is 0. The Kier molecular flexibility index (Phi) is 6.05. The minimum atomic E-state index is -0.534. The van der Waals surface area contributed by atoms with Crippen LogP contribution in [0.1, 0.15) is 10.4 Å². The quantitative estimate of drug-likeness (QED) is 0.701. The van der Waals surface area contributed by atoms with E-state index in [9.17, 15) is 14.4 Å². The summed E-state index contributed by atoms with van der Waals surface area (Å²) in [4.78, 5) is 43.4. The van der Waals surface area contributed by atoms with Crippen molar-refractivity contribution in [2.24, 2.45) is 5.73 Å². The van der Waals surface area contributed by atoms with Crippen molar-refractivity contribution < 1.29 is 14.4 Å². The fourth-order valence-electron chi connectivity index (χ4n) is 2.87. The predicted molar refractivity (Wildman–Crippen MR) is 105 cm³/mol. The number of hydrogen-bond acceptors (Lipinski definition) is 5. The number of urea groups is 1. The fraction of sp³-hybridized carbons (Fsp3) is 0.263. The Bertz CT molecular complexity index is 833. The molecular weight excluding hydrogens is 360 g/mol. The molecule has 0 aliphatic carbocycles. The monoisotopic (exact) mass is 382 g/mol. The van der Waals surface area contributed by atoms with Gasteiger partial charge in [0.15, 0.2) is 0 Å². The van der Waals surface area contributed by atoms with Crippen LogP contribution in [0.15, 0.2) is 48.7 Å². The molecule has 146 valence electrons. The van der Waals surface area contributed by atoms with Crippen molar-refractivity contribution in [1.82, 2.24) is 15.2 Å². The van der Waals surface area contributed by atoms with E-state index in [1.165, 1.54) is 12.1 Å². The van der Waals surface area contributed by atoms with E-state index < -0.39 is 5.91 Å². The summed E-state index contributed by atoms with van der Waals surface area (Å²) in [6.45, 7) is 2.33. The number of nitrogens with two attached hydrogens (primary N) is 1. The smallest absolute Gasteiger partial charge is 0.317 e. The molecule has 1 fully saturated rings. The maximum absolute atomic E-state index is 12.3. The van der Waals surface area contributed by atoms with Gasteiger partial charge in [0.05, 0.1) is 6.54 Å². The lowest BCUT2D eigenvalue weighted by atomic mass is 10.2. The molecule has 0 saturated carbocycles. The van der Waals surface area contributed by atoms with Gasteiger partial charge >= 0.3 is 6.03 Å². The fourth-order valence-corrected chi connectivity index (χ4v) is 2.87. The highest BCUT2D eigenvalue weighted by atomic mass is 16.2. The normalized spacial score (nSPS) is 13.7. The molecule has 1 aliphatic rings. The largest absolute Gasteiger partial charge is 0.366 e. The van der Waals surface area contributed by atoms with Gasteiger partial charge in [-0.15, -0.1) is 0 Å². The number of piperazine rings is 1. The molecule has 1 aromatic carbocycles. The predicted octanol–water partition coefficient (Wildman–Crippen LogP) is 0.651. The highest BCUT2D eigenvalue weighted by Gasteiger charge is 2.22. The Morgan fingerprint density at radius 1 is 1.00 bits per heavy atom. The molecule has 0 spiro atoms. The molecule has 1 aromatic heterocycles.